The number of aliphatic hydroxyl groups is 1. The number of carbonyl (C=O) groups is 1. The first-order valence-corrected chi connectivity index (χ1v) is 17.7. The zero-order valence-electron chi connectivity index (χ0n) is 28.9. The van der Waals surface area contributed by atoms with Gasteiger partial charge in [0, 0.05) is 69.4 Å². The number of fused-ring (bicyclic) bond motifs is 1. The summed E-state index contributed by atoms with van der Waals surface area (Å²) >= 11 is 0. The highest BCUT2D eigenvalue weighted by atomic mass is 16.4. The van der Waals surface area contributed by atoms with Crippen LogP contribution in [0.15, 0.2) is 66.1 Å². The zero-order valence-corrected chi connectivity index (χ0v) is 28.9. The Balaban J connectivity index is 0.959. The number of allylic oxidation sites excluding steroid dienone is 1. The van der Waals surface area contributed by atoms with Gasteiger partial charge < -0.3 is 20.4 Å². The second kappa shape index (κ2) is 14.0. The summed E-state index contributed by atoms with van der Waals surface area (Å²) in [6.45, 7) is 14.8. The van der Waals surface area contributed by atoms with Gasteiger partial charge in [-0.15, -0.1) is 6.58 Å². The lowest BCUT2D eigenvalue weighted by Crippen LogP contribution is -2.58. The Labute approximate surface area is 291 Å². The molecule has 0 radical (unpaired) electrons. The van der Waals surface area contributed by atoms with Gasteiger partial charge in [-0.05, 0) is 81.8 Å². The lowest BCUT2D eigenvalue weighted by molar-refractivity contribution is -0.143. The number of likely N-dealkylation sites (tertiary alicyclic amines) is 1. The molecule has 0 amide bonds. The molecule has 2 aliphatic heterocycles. The lowest BCUT2D eigenvalue weighted by atomic mass is 9.83. The van der Waals surface area contributed by atoms with Gasteiger partial charge in [0.1, 0.15) is 11.0 Å². The van der Waals surface area contributed by atoms with Crippen molar-refractivity contribution >= 4 is 34.3 Å². The monoisotopic (exact) mass is 681 g/mol. The lowest BCUT2D eigenvalue weighted by Gasteiger charge is -2.48. The maximum Gasteiger partial charge on any atom is 0.306 e. The third-order valence-electron chi connectivity index (χ3n) is 10.5. The van der Waals surface area contributed by atoms with E-state index < -0.39 is 11.6 Å². The third kappa shape index (κ3) is 7.03. The molecule has 0 spiro atoms. The average Bonchev–Trinajstić information content (AvgIpc) is 3.36. The van der Waals surface area contributed by atoms with Crippen molar-refractivity contribution in [2.45, 2.75) is 57.7 Å². The van der Waals surface area contributed by atoms with Gasteiger partial charge in [0.05, 0.1) is 18.2 Å². The number of hydrogen-bond donors (Lipinski definition) is 3. The molecule has 13 nitrogen and oxygen atoms in total. The van der Waals surface area contributed by atoms with Crippen LogP contribution in [0.5, 0.6) is 0 Å². The van der Waals surface area contributed by atoms with E-state index in [0.717, 1.165) is 77.2 Å². The summed E-state index contributed by atoms with van der Waals surface area (Å²) in [5, 5.41) is 23.5. The van der Waals surface area contributed by atoms with Gasteiger partial charge in [0.25, 0.3) is 5.56 Å². The van der Waals surface area contributed by atoms with E-state index in [1.807, 2.05) is 12.1 Å². The molecular weight excluding hydrogens is 634 g/mol. The number of nitrogens with zero attached hydrogens (tertiary/aromatic N) is 8. The van der Waals surface area contributed by atoms with E-state index in [9.17, 15) is 19.8 Å². The standard InChI is InChI=1S/C37H47N9O4/c1-4-16-45-34(47)30-21-38-36(41-33(30)46(45)32-7-5-6-31(40-32)37(2,3)50)39-27-10-14-28(15-11-27)43-19-17-42(18-20-43)22-25-23-44(24-25)29-12-8-26(9-13-29)35(48)49/h4-7,10-11,14-15,21,25-26,29,50H,1,8-9,12-13,16-20,22-24H2,2-3H3,(H,48,49)(H,38,39,41). The van der Waals surface area contributed by atoms with Crippen LogP contribution < -0.4 is 15.8 Å². The zero-order chi connectivity index (χ0) is 35.0. The van der Waals surface area contributed by atoms with Crippen molar-refractivity contribution in [3.8, 4) is 5.82 Å². The van der Waals surface area contributed by atoms with E-state index in [4.69, 9.17) is 4.98 Å². The Morgan fingerprint density at radius 2 is 1.74 bits per heavy atom. The number of hydrogen-bond acceptors (Lipinski definition) is 10. The molecule has 0 unspecified atom stereocenters. The van der Waals surface area contributed by atoms with Crippen molar-refractivity contribution < 1.29 is 15.0 Å². The van der Waals surface area contributed by atoms with Gasteiger partial charge in [-0.25, -0.2) is 19.3 Å². The van der Waals surface area contributed by atoms with E-state index in [2.05, 4.69) is 48.7 Å². The molecule has 5 heterocycles. The van der Waals surface area contributed by atoms with Gasteiger partial charge in [0.15, 0.2) is 11.5 Å². The number of rotatable bonds is 11. The van der Waals surface area contributed by atoms with Crippen molar-refractivity contribution in [1.29, 1.82) is 0 Å². The van der Waals surface area contributed by atoms with Crippen LogP contribution >= 0.6 is 0 Å². The largest absolute Gasteiger partial charge is 0.481 e. The third-order valence-corrected chi connectivity index (χ3v) is 10.5. The van der Waals surface area contributed by atoms with Crippen LogP contribution in [0.4, 0.5) is 17.3 Å². The summed E-state index contributed by atoms with van der Waals surface area (Å²) in [6.07, 6.45) is 6.84. The minimum Gasteiger partial charge on any atom is -0.481 e. The predicted octanol–water partition coefficient (Wildman–Crippen LogP) is 3.83. The summed E-state index contributed by atoms with van der Waals surface area (Å²) in [5.74, 6) is 0.738. The minimum atomic E-state index is -1.16. The Hall–Kier alpha value is -4.59. The first kappa shape index (κ1) is 33.9. The van der Waals surface area contributed by atoms with Crippen molar-refractivity contribution in [3.63, 3.8) is 0 Å². The maximum absolute atomic E-state index is 13.3. The molecule has 13 heteroatoms. The number of aliphatic carboxylic acids is 1. The number of carboxylic acid groups (broad SMARTS) is 1. The number of piperazine rings is 1. The number of benzene rings is 1. The SMILES string of the molecule is C=CCn1c(=O)c2cnc(Nc3ccc(N4CCN(CC5CN(C6CCC(C(=O)O)CC6)C5)CC4)cc3)nc2n1-c1cccc(C(C)(C)O)n1. The van der Waals surface area contributed by atoms with Crippen LogP contribution in [0.1, 0.15) is 45.2 Å². The molecule has 7 rings (SSSR count). The second-order valence-electron chi connectivity index (χ2n) is 14.5. The van der Waals surface area contributed by atoms with Crippen LogP contribution in [-0.4, -0.2) is 102 Å². The molecule has 264 valence electrons. The van der Waals surface area contributed by atoms with Crippen molar-refractivity contribution in [1.82, 2.24) is 34.1 Å². The van der Waals surface area contributed by atoms with Crippen molar-refractivity contribution in [2.75, 3.05) is 56.0 Å². The molecule has 1 aromatic carbocycles. The molecule has 3 N–H and O–H groups in total. The van der Waals surface area contributed by atoms with Crippen LogP contribution in [0.25, 0.3) is 16.9 Å². The Morgan fingerprint density at radius 1 is 1.02 bits per heavy atom. The molecule has 2 saturated heterocycles. The molecule has 0 atom stereocenters. The summed E-state index contributed by atoms with van der Waals surface area (Å²) in [7, 11) is 0. The number of pyridine rings is 1. The van der Waals surface area contributed by atoms with Gasteiger partial charge in [0.2, 0.25) is 5.95 Å². The topological polar surface area (TPSA) is 145 Å². The molecule has 1 saturated carbocycles. The van der Waals surface area contributed by atoms with Crippen LogP contribution in [0.2, 0.25) is 0 Å². The number of aromatic nitrogens is 5. The van der Waals surface area contributed by atoms with E-state index in [1.165, 1.54) is 16.6 Å². The predicted molar refractivity (Wildman–Crippen MR) is 193 cm³/mol. The number of nitrogens with one attached hydrogen (secondary N) is 1. The first-order chi connectivity index (χ1) is 24.1. The Kier molecular flexibility index (Phi) is 9.46. The first-order valence-electron chi connectivity index (χ1n) is 17.7. The fourth-order valence-electron chi connectivity index (χ4n) is 7.64. The fourth-order valence-corrected chi connectivity index (χ4v) is 7.64. The quantitative estimate of drug-likeness (QED) is 0.199. The molecule has 4 aromatic rings. The average molecular weight is 682 g/mol. The summed E-state index contributed by atoms with van der Waals surface area (Å²) in [6, 6.07) is 14.2. The summed E-state index contributed by atoms with van der Waals surface area (Å²) in [5.41, 5.74) is 1.48. The number of carboxylic acids is 1. The Bertz CT molecular complexity index is 1890. The van der Waals surface area contributed by atoms with Crippen LogP contribution in [-0.2, 0) is 16.9 Å². The molecule has 3 aliphatic rings. The molecular formula is C37H47N9O4. The van der Waals surface area contributed by atoms with E-state index in [-0.39, 0.29) is 18.0 Å². The highest BCUT2D eigenvalue weighted by Gasteiger charge is 2.36. The Morgan fingerprint density at radius 3 is 2.40 bits per heavy atom. The second-order valence-corrected chi connectivity index (χ2v) is 14.5. The molecule has 3 fully saturated rings. The van der Waals surface area contributed by atoms with E-state index in [0.29, 0.717) is 40.5 Å². The van der Waals surface area contributed by atoms with E-state index in [1.54, 1.807) is 42.8 Å². The molecule has 1 aliphatic carbocycles. The summed E-state index contributed by atoms with van der Waals surface area (Å²) < 4.78 is 3.17. The van der Waals surface area contributed by atoms with Gasteiger partial charge >= 0.3 is 5.97 Å². The smallest absolute Gasteiger partial charge is 0.306 e. The highest BCUT2D eigenvalue weighted by molar-refractivity contribution is 5.77. The number of anilines is 3. The molecule has 3 aromatic heterocycles. The van der Waals surface area contributed by atoms with Gasteiger partial charge in [-0.2, -0.15) is 4.98 Å². The molecule has 50 heavy (non-hydrogen) atoms. The minimum absolute atomic E-state index is 0.145. The van der Waals surface area contributed by atoms with Crippen molar-refractivity contribution in [3.05, 3.63) is 77.4 Å². The van der Waals surface area contributed by atoms with Gasteiger partial charge in [-0.1, -0.05) is 12.1 Å². The summed E-state index contributed by atoms with van der Waals surface area (Å²) in [4.78, 5) is 46.0. The van der Waals surface area contributed by atoms with Crippen LogP contribution in [0, 0.1) is 11.8 Å². The molecule has 0 bridgehead atoms. The van der Waals surface area contributed by atoms with Gasteiger partial charge in [-0.3, -0.25) is 19.4 Å². The van der Waals surface area contributed by atoms with E-state index >= 15 is 0 Å². The normalized spacial score (nSPS) is 20.9. The van der Waals surface area contributed by atoms with Crippen molar-refractivity contribution in [2.24, 2.45) is 11.8 Å². The highest BCUT2D eigenvalue weighted by Crippen LogP contribution is 2.32. The maximum atomic E-state index is 13.3. The fraction of sp³-hybridized carbons (Fsp3) is 0.486. The van der Waals surface area contributed by atoms with Crippen LogP contribution in [0.3, 0.4) is 0 Å².